The zero-order valence-electron chi connectivity index (χ0n) is 8.68. The van der Waals surface area contributed by atoms with Gasteiger partial charge in [0.05, 0.1) is 13.2 Å². The summed E-state index contributed by atoms with van der Waals surface area (Å²) in [5, 5.41) is 11.6. The average molecular weight is 239 g/mol. The van der Waals surface area contributed by atoms with Crippen molar-refractivity contribution in [2.24, 2.45) is 0 Å². The minimum atomic E-state index is -0.338. The van der Waals surface area contributed by atoms with E-state index in [0.717, 1.165) is 16.2 Å². The van der Waals surface area contributed by atoms with Crippen LogP contribution >= 0.6 is 11.8 Å². The Hall–Kier alpha value is -1.20. The molecule has 1 heterocycles. The number of cyclic esters (lactones) is 1. The van der Waals surface area contributed by atoms with Crippen molar-refractivity contribution in [3.8, 4) is 0 Å². The van der Waals surface area contributed by atoms with Crippen molar-refractivity contribution in [1.82, 2.24) is 5.32 Å². The monoisotopic (exact) mass is 239 g/mol. The average Bonchev–Trinajstić information content (AvgIpc) is 2.73. The van der Waals surface area contributed by atoms with E-state index in [2.05, 4.69) is 5.32 Å². The molecule has 1 atom stereocenters. The zero-order chi connectivity index (χ0) is 11.4. The van der Waals surface area contributed by atoms with Crippen LogP contribution in [-0.2, 0) is 11.3 Å². The summed E-state index contributed by atoms with van der Waals surface area (Å²) >= 11 is 1.62. The highest BCUT2D eigenvalue weighted by molar-refractivity contribution is 7.99. The first kappa shape index (κ1) is 11.3. The topological polar surface area (TPSA) is 58.6 Å². The first-order valence-electron chi connectivity index (χ1n) is 5.05. The second kappa shape index (κ2) is 5.23. The Bertz CT molecular complexity index is 383. The molecule has 1 unspecified atom stereocenters. The molecule has 0 spiro atoms. The molecule has 1 saturated heterocycles. The Labute approximate surface area is 98.0 Å². The number of thioether (sulfide) groups is 1. The Kier molecular flexibility index (Phi) is 3.69. The van der Waals surface area contributed by atoms with Gasteiger partial charge in [-0.2, -0.15) is 0 Å². The molecule has 0 bridgehead atoms. The summed E-state index contributed by atoms with van der Waals surface area (Å²) in [6, 6.07) is 7.71. The maximum absolute atomic E-state index is 10.8. The van der Waals surface area contributed by atoms with E-state index in [0.29, 0.717) is 6.54 Å². The number of carbonyl (C=O) groups is 1. The Balaban J connectivity index is 1.87. The molecule has 1 amide bonds. The summed E-state index contributed by atoms with van der Waals surface area (Å²) in [5.41, 5.74) is 0.895. The standard InChI is InChI=1S/C11H13NO3S/c13-6-8-2-1-3-10(4-8)16-7-9-5-12-11(14)15-9/h1-4,9,13H,5-7H2,(H,12,14). The third-order valence-corrected chi connectivity index (χ3v) is 3.39. The van der Waals surface area contributed by atoms with Gasteiger partial charge in [-0.25, -0.2) is 4.79 Å². The Morgan fingerprint density at radius 2 is 2.44 bits per heavy atom. The Morgan fingerprint density at radius 1 is 1.56 bits per heavy atom. The summed E-state index contributed by atoms with van der Waals surface area (Å²) < 4.78 is 5.02. The summed E-state index contributed by atoms with van der Waals surface area (Å²) in [5.74, 6) is 0.730. The molecule has 16 heavy (non-hydrogen) atoms. The number of aliphatic hydroxyl groups is 1. The smallest absolute Gasteiger partial charge is 0.407 e. The van der Waals surface area contributed by atoms with Crippen molar-refractivity contribution in [3.05, 3.63) is 29.8 Å². The van der Waals surface area contributed by atoms with Crippen molar-refractivity contribution in [2.75, 3.05) is 12.3 Å². The first-order chi connectivity index (χ1) is 7.78. The highest BCUT2D eigenvalue weighted by atomic mass is 32.2. The van der Waals surface area contributed by atoms with E-state index < -0.39 is 0 Å². The lowest BCUT2D eigenvalue weighted by molar-refractivity contribution is 0.150. The van der Waals surface area contributed by atoms with Gasteiger partial charge >= 0.3 is 6.09 Å². The van der Waals surface area contributed by atoms with Gasteiger partial charge in [0.25, 0.3) is 0 Å². The van der Waals surface area contributed by atoms with E-state index in [4.69, 9.17) is 9.84 Å². The van der Waals surface area contributed by atoms with Crippen LogP contribution in [0.2, 0.25) is 0 Å². The van der Waals surface area contributed by atoms with Crippen molar-refractivity contribution in [3.63, 3.8) is 0 Å². The maximum Gasteiger partial charge on any atom is 0.407 e. The minimum Gasteiger partial charge on any atom is -0.443 e. The van der Waals surface area contributed by atoms with E-state index >= 15 is 0 Å². The van der Waals surface area contributed by atoms with Crippen LogP contribution in [0.4, 0.5) is 4.79 Å². The molecule has 0 aromatic heterocycles. The second-order valence-electron chi connectivity index (χ2n) is 3.52. The summed E-state index contributed by atoms with van der Waals surface area (Å²) in [6.45, 7) is 0.625. The number of aliphatic hydroxyl groups excluding tert-OH is 1. The molecular weight excluding hydrogens is 226 g/mol. The summed E-state index contributed by atoms with van der Waals surface area (Å²) in [4.78, 5) is 11.9. The van der Waals surface area contributed by atoms with Gasteiger partial charge in [-0.1, -0.05) is 12.1 Å². The lowest BCUT2D eigenvalue weighted by atomic mass is 10.2. The Morgan fingerprint density at radius 3 is 3.12 bits per heavy atom. The number of amides is 1. The molecule has 1 fully saturated rings. The van der Waals surface area contributed by atoms with E-state index in [1.807, 2.05) is 24.3 Å². The fraction of sp³-hybridized carbons (Fsp3) is 0.364. The molecule has 0 aliphatic carbocycles. The van der Waals surface area contributed by atoms with Crippen LogP contribution in [0.1, 0.15) is 5.56 Å². The molecule has 1 aliphatic heterocycles. The largest absolute Gasteiger partial charge is 0.443 e. The van der Waals surface area contributed by atoms with Crippen LogP contribution in [0.3, 0.4) is 0 Å². The third kappa shape index (κ3) is 2.90. The van der Waals surface area contributed by atoms with Gasteiger partial charge in [0.2, 0.25) is 0 Å². The van der Waals surface area contributed by atoms with Crippen molar-refractivity contribution < 1.29 is 14.6 Å². The molecule has 4 nitrogen and oxygen atoms in total. The van der Waals surface area contributed by atoms with Crippen LogP contribution in [-0.4, -0.2) is 29.6 Å². The number of rotatable bonds is 4. The molecule has 2 N–H and O–H groups in total. The van der Waals surface area contributed by atoms with Gasteiger partial charge in [0.15, 0.2) is 0 Å². The minimum absolute atomic E-state index is 0.0500. The molecule has 1 aliphatic rings. The predicted octanol–water partition coefficient (Wildman–Crippen LogP) is 1.38. The number of benzene rings is 1. The maximum atomic E-state index is 10.8. The molecule has 86 valence electrons. The van der Waals surface area contributed by atoms with Gasteiger partial charge in [-0.05, 0) is 17.7 Å². The molecule has 0 saturated carbocycles. The summed E-state index contributed by atoms with van der Waals surface area (Å²) in [7, 11) is 0. The van der Waals surface area contributed by atoms with Gasteiger partial charge in [-0.3, -0.25) is 0 Å². The number of alkyl carbamates (subject to hydrolysis) is 1. The number of carbonyl (C=O) groups excluding carboxylic acids is 1. The lowest BCUT2D eigenvalue weighted by Crippen LogP contribution is -2.16. The number of hydrogen-bond donors (Lipinski definition) is 2. The van der Waals surface area contributed by atoms with Crippen LogP contribution in [0.25, 0.3) is 0 Å². The van der Waals surface area contributed by atoms with Gasteiger partial charge < -0.3 is 15.2 Å². The van der Waals surface area contributed by atoms with Crippen molar-refractivity contribution in [2.45, 2.75) is 17.6 Å². The van der Waals surface area contributed by atoms with E-state index in [1.165, 1.54) is 0 Å². The van der Waals surface area contributed by atoms with E-state index in [-0.39, 0.29) is 18.8 Å². The molecular formula is C11H13NO3S. The van der Waals surface area contributed by atoms with Crippen LogP contribution in [0.15, 0.2) is 29.2 Å². The first-order valence-corrected chi connectivity index (χ1v) is 6.03. The number of ether oxygens (including phenoxy) is 1. The quantitative estimate of drug-likeness (QED) is 0.779. The molecule has 1 aromatic carbocycles. The number of hydrogen-bond acceptors (Lipinski definition) is 4. The van der Waals surface area contributed by atoms with Gasteiger partial charge in [0, 0.05) is 10.6 Å². The number of nitrogens with one attached hydrogen (secondary N) is 1. The highest BCUT2D eigenvalue weighted by Crippen LogP contribution is 2.21. The lowest BCUT2D eigenvalue weighted by Gasteiger charge is -2.07. The predicted molar refractivity (Wildman–Crippen MR) is 61.4 cm³/mol. The zero-order valence-corrected chi connectivity index (χ0v) is 9.50. The van der Waals surface area contributed by atoms with Crippen LogP contribution in [0, 0.1) is 0 Å². The molecule has 2 rings (SSSR count). The highest BCUT2D eigenvalue weighted by Gasteiger charge is 2.22. The fourth-order valence-electron chi connectivity index (χ4n) is 1.45. The van der Waals surface area contributed by atoms with Crippen LogP contribution < -0.4 is 5.32 Å². The van der Waals surface area contributed by atoms with Crippen molar-refractivity contribution in [1.29, 1.82) is 0 Å². The van der Waals surface area contributed by atoms with Crippen molar-refractivity contribution >= 4 is 17.9 Å². The summed E-state index contributed by atoms with van der Waals surface area (Å²) in [6.07, 6.45) is -0.398. The van der Waals surface area contributed by atoms with Gasteiger partial charge in [0.1, 0.15) is 6.10 Å². The van der Waals surface area contributed by atoms with E-state index in [9.17, 15) is 4.79 Å². The third-order valence-electron chi connectivity index (χ3n) is 2.26. The molecule has 0 radical (unpaired) electrons. The SMILES string of the molecule is O=C1NCC(CSc2cccc(CO)c2)O1. The van der Waals surface area contributed by atoms with Gasteiger partial charge in [-0.15, -0.1) is 11.8 Å². The van der Waals surface area contributed by atoms with Crippen LogP contribution in [0.5, 0.6) is 0 Å². The van der Waals surface area contributed by atoms with E-state index in [1.54, 1.807) is 11.8 Å². The fourth-order valence-corrected chi connectivity index (χ4v) is 2.42. The second-order valence-corrected chi connectivity index (χ2v) is 4.62. The molecule has 5 heteroatoms. The normalized spacial score (nSPS) is 19.3. The molecule has 1 aromatic rings.